The van der Waals surface area contributed by atoms with Gasteiger partial charge in [0.2, 0.25) is 5.91 Å². The van der Waals surface area contributed by atoms with Crippen LogP contribution in [0.1, 0.15) is 51.9 Å². The zero-order chi connectivity index (χ0) is 14.1. The molecule has 1 unspecified atom stereocenters. The van der Waals surface area contributed by atoms with Gasteiger partial charge in [0.25, 0.3) is 0 Å². The van der Waals surface area contributed by atoms with Crippen molar-refractivity contribution in [1.29, 1.82) is 0 Å². The van der Waals surface area contributed by atoms with Gasteiger partial charge in [0.05, 0.1) is 6.04 Å². The molecule has 0 radical (unpaired) electrons. The predicted octanol–water partition coefficient (Wildman–Crippen LogP) is 2.51. The van der Waals surface area contributed by atoms with Gasteiger partial charge in [-0.3, -0.25) is 10.1 Å². The molecular weight excluding hydrogens is 257 g/mol. The van der Waals surface area contributed by atoms with Crippen molar-refractivity contribution in [3.05, 3.63) is 0 Å². The Morgan fingerprint density at radius 1 is 1.21 bits per heavy atom. The van der Waals surface area contributed by atoms with Crippen molar-refractivity contribution in [2.24, 2.45) is 0 Å². The van der Waals surface area contributed by atoms with Crippen LogP contribution >= 0.6 is 0 Å². The monoisotopic (exact) mass is 278 g/mol. The second kappa shape index (κ2) is 5.31. The van der Waals surface area contributed by atoms with Crippen molar-refractivity contribution in [3.8, 4) is 0 Å². The number of rotatable bonds is 4. The highest BCUT2D eigenvalue weighted by atomic mass is 19.4. The van der Waals surface area contributed by atoms with Crippen molar-refractivity contribution in [1.82, 2.24) is 10.6 Å². The molecule has 0 aromatic rings. The van der Waals surface area contributed by atoms with Gasteiger partial charge in [0.1, 0.15) is 5.54 Å². The van der Waals surface area contributed by atoms with Gasteiger partial charge in [-0.15, -0.1) is 0 Å². The third-order valence-electron chi connectivity index (χ3n) is 4.13. The van der Waals surface area contributed by atoms with E-state index in [1.165, 1.54) is 13.3 Å². The molecule has 0 heterocycles. The summed E-state index contributed by atoms with van der Waals surface area (Å²) < 4.78 is 38.4. The summed E-state index contributed by atoms with van der Waals surface area (Å²) in [6, 6.07) is -0.669. The Kier molecular flexibility index (Phi) is 4.08. The summed E-state index contributed by atoms with van der Waals surface area (Å²) in [5.74, 6) is -0.317. The number of hydrogen-bond acceptors (Lipinski definition) is 2. The van der Waals surface area contributed by atoms with Gasteiger partial charge in [-0.05, 0) is 32.6 Å². The topological polar surface area (TPSA) is 41.1 Å². The molecule has 1 atom stereocenters. The predicted molar refractivity (Wildman–Crippen MR) is 65.6 cm³/mol. The molecule has 6 heteroatoms. The number of halogens is 3. The van der Waals surface area contributed by atoms with Crippen LogP contribution in [0.5, 0.6) is 0 Å². The van der Waals surface area contributed by atoms with Gasteiger partial charge in [0, 0.05) is 6.04 Å². The first-order valence-corrected chi connectivity index (χ1v) is 6.99. The second-order valence-electron chi connectivity index (χ2n) is 5.79. The van der Waals surface area contributed by atoms with Gasteiger partial charge in [0.15, 0.2) is 0 Å². The molecule has 2 aliphatic rings. The van der Waals surface area contributed by atoms with Gasteiger partial charge < -0.3 is 5.32 Å². The van der Waals surface area contributed by atoms with Gasteiger partial charge >= 0.3 is 6.18 Å². The molecule has 2 N–H and O–H groups in total. The molecule has 1 amide bonds. The second-order valence-corrected chi connectivity index (χ2v) is 5.79. The molecule has 2 fully saturated rings. The molecule has 0 bridgehead atoms. The first-order valence-electron chi connectivity index (χ1n) is 6.99. The number of amides is 1. The molecule has 110 valence electrons. The molecule has 0 aromatic carbocycles. The van der Waals surface area contributed by atoms with E-state index in [0.29, 0.717) is 0 Å². The van der Waals surface area contributed by atoms with Crippen LogP contribution in [0.3, 0.4) is 0 Å². The lowest BCUT2D eigenvalue weighted by molar-refractivity contribution is -0.168. The number of alkyl halides is 3. The summed E-state index contributed by atoms with van der Waals surface area (Å²) in [4.78, 5) is 11.9. The molecule has 0 aliphatic heterocycles. The van der Waals surface area contributed by atoms with Gasteiger partial charge in [-0.25, -0.2) is 0 Å². The number of nitrogens with one attached hydrogen (secondary N) is 2. The van der Waals surface area contributed by atoms with Crippen LogP contribution in [0.15, 0.2) is 0 Å². The van der Waals surface area contributed by atoms with E-state index >= 15 is 0 Å². The maximum absolute atomic E-state index is 12.8. The van der Waals surface area contributed by atoms with E-state index in [0.717, 1.165) is 25.7 Å². The van der Waals surface area contributed by atoms with Crippen molar-refractivity contribution in [2.75, 3.05) is 0 Å². The maximum atomic E-state index is 12.8. The number of carbonyl (C=O) groups excluding carboxylic acids is 1. The maximum Gasteiger partial charge on any atom is 0.406 e. The highest BCUT2D eigenvalue weighted by Gasteiger charge is 2.63. The van der Waals surface area contributed by atoms with E-state index in [-0.39, 0.29) is 24.8 Å². The van der Waals surface area contributed by atoms with E-state index in [9.17, 15) is 18.0 Å². The summed E-state index contributed by atoms with van der Waals surface area (Å²) in [7, 11) is 0. The van der Waals surface area contributed by atoms with Crippen molar-refractivity contribution in [3.63, 3.8) is 0 Å². The van der Waals surface area contributed by atoms with E-state index in [2.05, 4.69) is 10.6 Å². The quantitative estimate of drug-likeness (QED) is 0.829. The Labute approximate surface area is 111 Å². The highest BCUT2D eigenvalue weighted by molar-refractivity contribution is 5.81. The van der Waals surface area contributed by atoms with Crippen LogP contribution in [0.25, 0.3) is 0 Å². The lowest BCUT2D eigenvalue weighted by atomic mass is 9.95. The van der Waals surface area contributed by atoms with E-state index < -0.39 is 17.8 Å². The minimum atomic E-state index is -4.27. The molecule has 2 saturated carbocycles. The minimum absolute atomic E-state index is 0.0670. The standard InChI is InChI=1S/C13H21F3N2O/c1-9(18-12(7-8-12)13(14,15)16)11(19)17-10-5-3-2-4-6-10/h9-10,18H,2-8H2,1H3,(H,17,19). The molecule has 19 heavy (non-hydrogen) atoms. The van der Waals surface area contributed by atoms with E-state index in [1.807, 2.05) is 0 Å². The van der Waals surface area contributed by atoms with Crippen LogP contribution in [0.2, 0.25) is 0 Å². The average Bonchev–Trinajstić information content (AvgIpc) is 3.10. The Morgan fingerprint density at radius 3 is 2.26 bits per heavy atom. The fourth-order valence-electron chi connectivity index (χ4n) is 2.69. The van der Waals surface area contributed by atoms with Crippen LogP contribution in [0, 0.1) is 0 Å². The molecule has 0 spiro atoms. The summed E-state index contributed by atoms with van der Waals surface area (Å²) in [5, 5.41) is 5.31. The molecule has 2 rings (SSSR count). The van der Waals surface area contributed by atoms with Crippen molar-refractivity contribution < 1.29 is 18.0 Å². The first kappa shape index (κ1) is 14.6. The van der Waals surface area contributed by atoms with Gasteiger partial charge in [-0.2, -0.15) is 13.2 Å². The molecular formula is C13H21F3N2O. The van der Waals surface area contributed by atoms with Crippen LogP contribution in [0.4, 0.5) is 13.2 Å². The summed E-state index contributed by atoms with van der Waals surface area (Å²) in [5.41, 5.74) is -1.82. The summed E-state index contributed by atoms with van der Waals surface area (Å²) >= 11 is 0. The third kappa shape index (κ3) is 3.41. The van der Waals surface area contributed by atoms with Crippen molar-refractivity contribution >= 4 is 5.91 Å². The largest absolute Gasteiger partial charge is 0.406 e. The normalized spacial score (nSPS) is 24.8. The lowest BCUT2D eigenvalue weighted by Crippen LogP contribution is -2.55. The molecule has 3 nitrogen and oxygen atoms in total. The fraction of sp³-hybridized carbons (Fsp3) is 0.923. The molecule has 0 saturated heterocycles. The zero-order valence-corrected chi connectivity index (χ0v) is 11.1. The Balaban J connectivity index is 1.82. The average molecular weight is 278 g/mol. The minimum Gasteiger partial charge on any atom is -0.352 e. The Morgan fingerprint density at radius 2 is 1.79 bits per heavy atom. The Bertz CT molecular complexity index is 333. The van der Waals surface area contributed by atoms with Gasteiger partial charge in [-0.1, -0.05) is 19.3 Å². The fourth-order valence-corrected chi connectivity index (χ4v) is 2.69. The van der Waals surface area contributed by atoms with Crippen LogP contribution < -0.4 is 10.6 Å². The van der Waals surface area contributed by atoms with Crippen molar-refractivity contribution in [2.45, 2.75) is 75.7 Å². The zero-order valence-electron chi connectivity index (χ0n) is 11.1. The Hall–Kier alpha value is -0.780. The van der Waals surface area contributed by atoms with E-state index in [1.54, 1.807) is 0 Å². The number of carbonyl (C=O) groups is 1. The number of hydrogen-bond donors (Lipinski definition) is 2. The van der Waals surface area contributed by atoms with Crippen LogP contribution in [-0.2, 0) is 4.79 Å². The highest BCUT2D eigenvalue weighted by Crippen LogP contribution is 2.49. The lowest BCUT2D eigenvalue weighted by Gasteiger charge is -2.28. The van der Waals surface area contributed by atoms with E-state index in [4.69, 9.17) is 0 Å². The smallest absolute Gasteiger partial charge is 0.352 e. The van der Waals surface area contributed by atoms with Crippen LogP contribution in [-0.4, -0.2) is 29.7 Å². The summed E-state index contributed by atoms with van der Waals surface area (Å²) in [6.45, 7) is 1.50. The third-order valence-corrected chi connectivity index (χ3v) is 4.13. The molecule has 2 aliphatic carbocycles. The SMILES string of the molecule is CC(NC1(C(F)(F)F)CC1)C(=O)NC1CCCCC1. The molecule has 0 aromatic heterocycles. The first-order chi connectivity index (χ1) is 8.84. The summed E-state index contributed by atoms with van der Waals surface area (Å²) in [6.07, 6.45) is 1.07.